The van der Waals surface area contributed by atoms with Gasteiger partial charge in [0.05, 0.1) is 17.2 Å². The second-order valence-corrected chi connectivity index (χ2v) is 7.35. The van der Waals surface area contributed by atoms with E-state index in [1.807, 2.05) is 30.3 Å². The van der Waals surface area contributed by atoms with E-state index in [0.29, 0.717) is 17.5 Å². The second kappa shape index (κ2) is 8.28. The highest BCUT2D eigenvalue weighted by Gasteiger charge is 2.19. The number of hydrogen-bond acceptors (Lipinski definition) is 5. The maximum Gasteiger partial charge on any atom is 0.230 e. The Kier molecular flexibility index (Phi) is 5.85. The van der Waals surface area contributed by atoms with E-state index >= 15 is 0 Å². The minimum atomic E-state index is 0.110. The van der Waals surface area contributed by atoms with Crippen molar-refractivity contribution in [3.8, 4) is 5.69 Å². The zero-order valence-electron chi connectivity index (χ0n) is 13.9. The van der Waals surface area contributed by atoms with E-state index in [1.165, 1.54) is 12.8 Å². The Morgan fingerprint density at radius 3 is 2.75 bits per heavy atom. The average molecular weight is 345 g/mol. The van der Waals surface area contributed by atoms with E-state index in [0.717, 1.165) is 30.3 Å². The van der Waals surface area contributed by atoms with Crippen LogP contribution in [0.2, 0.25) is 0 Å². The summed E-state index contributed by atoms with van der Waals surface area (Å²) in [7, 11) is 0. The fourth-order valence-electron chi connectivity index (χ4n) is 2.97. The number of benzene rings is 1. The van der Waals surface area contributed by atoms with E-state index in [2.05, 4.69) is 27.8 Å². The van der Waals surface area contributed by atoms with Gasteiger partial charge in [-0.25, -0.2) is 0 Å². The molecular weight excluding hydrogens is 322 g/mol. The van der Waals surface area contributed by atoms with Crippen molar-refractivity contribution in [2.75, 3.05) is 5.75 Å². The van der Waals surface area contributed by atoms with E-state index in [4.69, 9.17) is 0 Å². The Balaban J connectivity index is 1.45. The molecule has 1 aromatic carbocycles. The number of carbonyl (C=O) groups excluding carboxylic acids is 1. The number of nitrogens with one attached hydrogen (secondary N) is 1. The molecule has 0 atom stereocenters. The molecule has 1 amide bonds. The summed E-state index contributed by atoms with van der Waals surface area (Å²) in [6.07, 6.45) is 4.63. The van der Waals surface area contributed by atoms with Crippen LogP contribution in [0.25, 0.3) is 5.69 Å². The molecule has 2 aromatic rings. The van der Waals surface area contributed by atoms with Gasteiger partial charge in [0.2, 0.25) is 5.91 Å². The van der Waals surface area contributed by atoms with Gasteiger partial charge in [-0.3, -0.25) is 4.79 Å². The lowest BCUT2D eigenvalue weighted by molar-refractivity contribution is -0.119. The molecule has 128 valence electrons. The van der Waals surface area contributed by atoms with E-state index < -0.39 is 0 Å². The third-order valence-corrected chi connectivity index (χ3v) is 5.31. The summed E-state index contributed by atoms with van der Waals surface area (Å²) in [5.41, 5.74) is 0.930. The SMILES string of the molecule is CC1CCC(NC(=O)CSCc2nnnn2-c2ccccc2)CC1. The summed E-state index contributed by atoms with van der Waals surface area (Å²) in [6, 6.07) is 10.1. The van der Waals surface area contributed by atoms with Crippen molar-refractivity contribution in [3.63, 3.8) is 0 Å². The normalized spacial score (nSPS) is 20.7. The smallest absolute Gasteiger partial charge is 0.230 e. The zero-order chi connectivity index (χ0) is 16.8. The van der Waals surface area contributed by atoms with E-state index in [1.54, 1.807) is 16.4 Å². The molecule has 1 fully saturated rings. The molecule has 0 aliphatic heterocycles. The lowest BCUT2D eigenvalue weighted by Gasteiger charge is -2.26. The first-order chi connectivity index (χ1) is 11.7. The summed E-state index contributed by atoms with van der Waals surface area (Å²) in [5, 5.41) is 15.0. The Hall–Kier alpha value is -1.89. The summed E-state index contributed by atoms with van der Waals surface area (Å²) in [4.78, 5) is 12.1. The minimum absolute atomic E-state index is 0.110. The number of aromatic nitrogens is 4. The largest absolute Gasteiger partial charge is 0.353 e. The van der Waals surface area contributed by atoms with Crippen molar-refractivity contribution in [1.29, 1.82) is 0 Å². The number of amides is 1. The van der Waals surface area contributed by atoms with Gasteiger partial charge in [-0.15, -0.1) is 16.9 Å². The molecule has 1 heterocycles. The van der Waals surface area contributed by atoms with Crippen molar-refractivity contribution >= 4 is 17.7 Å². The zero-order valence-corrected chi connectivity index (χ0v) is 14.7. The number of nitrogens with zero attached hydrogens (tertiary/aromatic N) is 4. The van der Waals surface area contributed by atoms with Crippen LogP contribution in [0.5, 0.6) is 0 Å². The monoisotopic (exact) mass is 345 g/mol. The molecule has 1 saturated carbocycles. The van der Waals surface area contributed by atoms with Crippen LogP contribution in [0.4, 0.5) is 0 Å². The fraction of sp³-hybridized carbons (Fsp3) is 0.529. The molecular formula is C17H23N5OS. The van der Waals surface area contributed by atoms with Crippen LogP contribution in [-0.2, 0) is 10.5 Å². The highest BCUT2D eigenvalue weighted by atomic mass is 32.2. The summed E-state index contributed by atoms with van der Waals surface area (Å²) < 4.78 is 1.72. The average Bonchev–Trinajstić information content (AvgIpc) is 3.06. The van der Waals surface area contributed by atoms with Crippen LogP contribution < -0.4 is 5.32 Å². The summed E-state index contributed by atoms with van der Waals surface area (Å²) in [5.74, 6) is 2.71. The number of para-hydroxylation sites is 1. The first kappa shape index (κ1) is 17.0. The summed E-state index contributed by atoms with van der Waals surface area (Å²) in [6.45, 7) is 2.28. The number of rotatable bonds is 6. The van der Waals surface area contributed by atoms with Gasteiger partial charge in [0.25, 0.3) is 0 Å². The number of carbonyl (C=O) groups is 1. The lowest BCUT2D eigenvalue weighted by atomic mass is 9.87. The standard InChI is InChI=1S/C17H23N5OS/c1-13-7-9-14(10-8-13)18-17(23)12-24-11-16-19-20-21-22(16)15-5-3-2-4-6-15/h2-6,13-14H,7-12H2,1H3,(H,18,23). The molecule has 0 spiro atoms. The Morgan fingerprint density at radius 1 is 1.25 bits per heavy atom. The topological polar surface area (TPSA) is 72.7 Å². The first-order valence-corrected chi connectivity index (χ1v) is 9.57. The molecule has 0 saturated heterocycles. The molecule has 6 nitrogen and oxygen atoms in total. The minimum Gasteiger partial charge on any atom is -0.353 e. The van der Waals surface area contributed by atoms with Gasteiger partial charge in [-0.1, -0.05) is 25.1 Å². The van der Waals surface area contributed by atoms with Crippen LogP contribution in [0.15, 0.2) is 30.3 Å². The van der Waals surface area contributed by atoms with Crippen LogP contribution in [0, 0.1) is 5.92 Å². The van der Waals surface area contributed by atoms with Gasteiger partial charge in [0.1, 0.15) is 0 Å². The highest BCUT2D eigenvalue weighted by molar-refractivity contribution is 7.99. The molecule has 0 unspecified atom stereocenters. The maximum absolute atomic E-state index is 12.1. The van der Waals surface area contributed by atoms with Crippen LogP contribution in [-0.4, -0.2) is 37.9 Å². The van der Waals surface area contributed by atoms with Gasteiger partial charge in [-0.05, 0) is 54.2 Å². The maximum atomic E-state index is 12.1. The third kappa shape index (κ3) is 4.56. The molecule has 0 radical (unpaired) electrons. The molecule has 7 heteroatoms. The number of thioether (sulfide) groups is 1. The molecule has 1 aromatic heterocycles. The van der Waals surface area contributed by atoms with Crippen LogP contribution in [0.1, 0.15) is 38.4 Å². The molecule has 0 bridgehead atoms. The van der Waals surface area contributed by atoms with Gasteiger partial charge >= 0.3 is 0 Å². The first-order valence-electron chi connectivity index (χ1n) is 8.42. The predicted octanol–water partition coefficient (Wildman–Crippen LogP) is 2.59. The van der Waals surface area contributed by atoms with Crippen molar-refractivity contribution in [2.24, 2.45) is 5.92 Å². The van der Waals surface area contributed by atoms with Crippen LogP contribution in [0.3, 0.4) is 0 Å². The molecule has 3 rings (SSSR count). The molecule has 1 aliphatic rings. The Morgan fingerprint density at radius 2 is 2.00 bits per heavy atom. The van der Waals surface area contributed by atoms with Crippen molar-refractivity contribution < 1.29 is 4.79 Å². The highest BCUT2D eigenvalue weighted by Crippen LogP contribution is 2.23. The van der Waals surface area contributed by atoms with E-state index in [-0.39, 0.29) is 5.91 Å². The number of hydrogen-bond donors (Lipinski definition) is 1. The Bertz CT molecular complexity index is 652. The van der Waals surface area contributed by atoms with Crippen molar-refractivity contribution in [1.82, 2.24) is 25.5 Å². The van der Waals surface area contributed by atoms with E-state index in [9.17, 15) is 4.79 Å². The predicted molar refractivity (Wildman–Crippen MR) is 94.9 cm³/mol. The lowest BCUT2D eigenvalue weighted by Crippen LogP contribution is -2.38. The molecule has 1 aliphatic carbocycles. The fourth-order valence-corrected chi connectivity index (χ4v) is 3.71. The van der Waals surface area contributed by atoms with Gasteiger partial charge in [-0.2, -0.15) is 4.68 Å². The van der Waals surface area contributed by atoms with Crippen molar-refractivity contribution in [3.05, 3.63) is 36.2 Å². The van der Waals surface area contributed by atoms with Gasteiger partial charge in [0.15, 0.2) is 5.82 Å². The van der Waals surface area contributed by atoms with Crippen molar-refractivity contribution in [2.45, 2.75) is 44.4 Å². The number of tetrazole rings is 1. The third-order valence-electron chi connectivity index (χ3n) is 4.38. The Labute approximate surface area is 146 Å². The van der Waals surface area contributed by atoms with Gasteiger partial charge < -0.3 is 5.32 Å². The quantitative estimate of drug-likeness (QED) is 0.871. The molecule has 1 N–H and O–H groups in total. The summed E-state index contributed by atoms with van der Waals surface area (Å²) >= 11 is 1.54. The van der Waals surface area contributed by atoms with Gasteiger partial charge in [0, 0.05) is 6.04 Å². The molecule has 24 heavy (non-hydrogen) atoms. The second-order valence-electron chi connectivity index (χ2n) is 6.36. The van der Waals surface area contributed by atoms with Crippen LogP contribution >= 0.6 is 11.8 Å².